The summed E-state index contributed by atoms with van der Waals surface area (Å²) in [7, 11) is -3.31. The van der Waals surface area contributed by atoms with Gasteiger partial charge in [-0.25, -0.2) is 8.42 Å². The van der Waals surface area contributed by atoms with Crippen LogP contribution < -0.4 is 5.73 Å². The van der Waals surface area contributed by atoms with Crippen LogP contribution in [0.15, 0.2) is 29.2 Å². The average Bonchev–Trinajstić information content (AvgIpc) is 2.92. The molecule has 2 rings (SSSR count). The van der Waals surface area contributed by atoms with Crippen molar-refractivity contribution in [3.63, 3.8) is 0 Å². The van der Waals surface area contributed by atoms with Crippen LogP contribution in [0.4, 0.5) is 0 Å². The first-order chi connectivity index (χ1) is 9.12. The summed E-state index contributed by atoms with van der Waals surface area (Å²) in [6.07, 6.45) is 0.869. The Kier molecular flexibility index (Phi) is 4.93. The summed E-state index contributed by atoms with van der Waals surface area (Å²) in [6.45, 7) is 1.78. The van der Waals surface area contributed by atoms with E-state index in [-0.39, 0.29) is 18.5 Å². The van der Waals surface area contributed by atoms with Gasteiger partial charge >= 0.3 is 0 Å². The highest BCUT2D eigenvalue weighted by Crippen LogP contribution is 2.14. The van der Waals surface area contributed by atoms with Crippen LogP contribution in [0.1, 0.15) is 12.0 Å². The summed E-state index contributed by atoms with van der Waals surface area (Å²) in [5, 5.41) is 0. The fourth-order valence-corrected chi connectivity index (χ4v) is 3.12. The van der Waals surface area contributed by atoms with Crippen molar-refractivity contribution in [2.45, 2.75) is 24.0 Å². The molecule has 0 spiro atoms. The maximum Gasteiger partial charge on any atom is 0.180 e. The Morgan fingerprint density at radius 3 is 2.95 bits per heavy atom. The zero-order valence-electron chi connectivity index (χ0n) is 10.7. The molecule has 0 aromatic heterocycles. The highest BCUT2D eigenvalue weighted by molar-refractivity contribution is 7.91. The van der Waals surface area contributed by atoms with E-state index in [1.165, 1.54) is 0 Å². The number of sulfone groups is 1. The Bertz CT molecular complexity index is 509. The lowest BCUT2D eigenvalue weighted by molar-refractivity contribution is 0.0520. The molecular weight excluding hydrogens is 266 g/mol. The first-order valence-electron chi connectivity index (χ1n) is 6.33. The van der Waals surface area contributed by atoms with Crippen molar-refractivity contribution in [1.29, 1.82) is 0 Å². The lowest BCUT2D eigenvalue weighted by atomic mass is 10.2. The maximum atomic E-state index is 12.1. The van der Waals surface area contributed by atoms with Gasteiger partial charge in [-0.05, 0) is 24.1 Å². The van der Waals surface area contributed by atoms with Gasteiger partial charge in [0.1, 0.15) is 0 Å². The van der Waals surface area contributed by atoms with Gasteiger partial charge in [-0.3, -0.25) is 0 Å². The molecule has 1 aliphatic rings. The van der Waals surface area contributed by atoms with Crippen LogP contribution in [0.5, 0.6) is 0 Å². The van der Waals surface area contributed by atoms with Crippen LogP contribution in [0.3, 0.4) is 0 Å². The summed E-state index contributed by atoms with van der Waals surface area (Å²) in [4.78, 5) is 0.307. The predicted octanol–water partition coefficient (Wildman–Crippen LogP) is 0.724. The molecule has 1 aromatic rings. The van der Waals surface area contributed by atoms with E-state index in [9.17, 15) is 8.42 Å². The van der Waals surface area contributed by atoms with Gasteiger partial charge in [0.25, 0.3) is 0 Å². The molecule has 0 aliphatic carbocycles. The van der Waals surface area contributed by atoms with E-state index in [2.05, 4.69) is 0 Å². The molecule has 5 nitrogen and oxygen atoms in total. The van der Waals surface area contributed by atoms with Gasteiger partial charge in [0.15, 0.2) is 9.84 Å². The molecule has 1 unspecified atom stereocenters. The van der Waals surface area contributed by atoms with Crippen molar-refractivity contribution in [2.75, 3.05) is 25.6 Å². The molecule has 19 heavy (non-hydrogen) atoms. The number of nitrogens with two attached hydrogens (primary N) is 1. The van der Waals surface area contributed by atoms with Crippen molar-refractivity contribution in [3.8, 4) is 0 Å². The van der Waals surface area contributed by atoms with Gasteiger partial charge in [-0.15, -0.1) is 0 Å². The summed E-state index contributed by atoms with van der Waals surface area (Å²) in [5.41, 5.74) is 6.32. The van der Waals surface area contributed by atoms with E-state index in [1.54, 1.807) is 18.2 Å². The molecule has 0 saturated carbocycles. The maximum absolute atomic E-state index is 12.1. The van der Waals surface area contributed by atoms with E-state index < -0.39 is 9.84 Å². The number of benzene rings is 1. The Labute approximate surface area is 113 Å². The molecule has 106 valence electrons. The minimum Gasteiger partial charge on any atom is -0.379 e. The van der Waals surface area contributed by atoms with E-state index >= 15 is 0 Å². The Balaban J connectivity index is 1.93. The van der Waals surface area contributed by atoms with Crippen LogP contribution in [-0.2, 0) is 25.9 Å². The number of hydrogen-bond acceptors (Lipinski definition) is 5. The first-order valence-corrected chi connectivity index (χ1v) is 7.98. The molecule has 1 atom stereocenters. The highest BCUT2D eigenvalue weighted by Gasteiger charge is 2.19. The van der Waals surface area contributed by atoms with Gasteiger partial charge in [0.2, 0.25) is 0 Å². The van der Waals surface area contributed by atoms with Gasteiger partial charge in [0.05, 0.1) is 30.0 Å². The van der Waals surface area contributed by atoms with Crippen molar-refractivity contribution in [1.82, 2.24) is 0 Å². The average molecular weight is 285 g/mol. The Hall–Kier alpha value is -0.950. The fourth-order valence-electron chi connectivity index (χ4n) is 1.95. The van der Waals surface area contributed by atoms with Gasteiger partial charge in [-0.2, -0.15) is 0 Å². The normalized spacial score (nSPS) is 19.7. The smallest absolute Gasteiger partial charge is 0.180 e. The van der Waals surface area contributed by atoms with Crippen molar-refractivity contribution >= 4 is 9.84 Å². The summed E-state index contributed by atoms with van der Waals surface area (Å²) >= 11 is 0. The number of hydrogen-bond donors (Lipinski definition) is 1. The molecule has 1 aromatic carbocycles. The number of rotatable bonds is 6. The van der Waals surface area contributed by atoms with Crippen molar-refractivity contribution < 1.29 is 17.9 Å². The second-order valence-corrected chi connectivity index (χ2v) is 6.64. The lowest BCUT2D eigenvalue weighted by Crippen LogP contribution is -2.19. The largest absolute Gasteiger partial charge is 0.379 e. The minimum absolute atomic E-state index is 0.0163. The molecule has 6 heteroatoms. The monoisotopic (exact) mass is 285 g/mol. The van der Waals surface area contributed by atoms with Gasteiger partial charge in [-0.1, -0.05) is 12.1 Å². The Morgan fingerprint density at radius 2 is 2.26 bits per heavy atom. The minimum atomic E-state index is -3.31. The van der Waals surface area contributed by atoms with E-state index in [0.717, 1.165) is 12.0 Å². The molecule has 1 saturated heterocycles. The molecule has 0 amide bonds. The summed E-state index contributed by atoms with van der Waals surface area (Å²) in [6, 6.07) is 6.73. The third-order valence-electron chi connectivity index (χ3n) is 3.09. The Morgan fingerprint density at radius 1 is 1.42 bits per heavy atom. The molecule has 0 bridgehead atoms. The van der Waals surface area contributed by atoms with E-state index in [1.807, 2.05) is 6.07 Å². The fraction of sp³-hybridized carbons (Fsp3) is 0.538. The first kappa shape index (κ1) is 14.5. The van der Waals surface area contributed by atoms with Crippen molar-refractivity contribution in [3.05, 3.63) is 29.8 Å². The zero-order valence-corrected chi connectivity index (χ0v) is 11.6. The lowest BCUT2D eigenvalue weighted by Gasteiger charge is -2.10. The summed E-state index contributed by atoms with van der Waals surface area (Å²) in [5.74, 6) is -0.0163. The van der Waals surface area contributed by atoms with E-state index in [0.29, 0.717) is 24.7 Å². The quantitative estimate of drug-likeness (QED) is 0.833. The molecular formula is C13H19NO4S. The molecule has 2 N–H and O–H groups in total. The summed E-state index contributed by atoms with van der Waals surface area (Å²) < 4.78 is 34.9. The number of ether oxygens (including phenoxy) is 2. The molecule has 1 aliphatic heterocycles. The van der Waals surface area contributed by atoms with Crippen LogP contribution in [0.25, 0.3) is 0 Å². The second kappa shape index (κ2) is 6.47. The van der Waals surface area contributed by atoms with Crippen LogP contribution in [0.2, 0.25) is 0 Å². The van der Waals surface area contributed by atoms with E-state index in [4.69, 9.17) is 15.2 Å². The van der Waals surface area contributed by atoms with Crippen molar-refractivity contribution in [2.24, 2.45) is 5.73 Å². The standard InChI is InChI=1S/C13H19NO4S/c14-9-11-2-1-3-13(8-11)19(15,16)7-6-18-12-4-5-17-10-12/h1-3,8,12H,4-7,9-10,14H2. The van der Waals surface area contributed by atoms with Gasteiger partial charge in [0, 0.05) is 13.2 Å². The van der Waals surface area contributed by atoms with Crippen LogP contribution in [0, 0.1) is 0 Å². The molecule has 1 fully saturated rings. The van der Waals surface area contributed by atoms with Gasteiger partial charge < -0.3 is 15.2 Å². The topological polar surface area (TPSA) is 78.6 Å². The molecule has 1 heterocycles. The van der Waals surface area contributed by atoms with Crippen LogP contribution >= 0.6 is 0 Å². The predicted molar refractivity (Wildman–Crippen MR) is 71.6 cm³/mol. The second-order valence-electron chi connectivity index (χ2n) is 4.53. The third kappa shape index (κ3) is 4.01. The third-order valence-corrected chi connectivity index (χ3v) is 4.76. The highest BCUT2D eigenvalue weighted by atomic mass is 32.2. The molecule has 0 radical (unpaired) electrons. The SMILES string of the molecule is NCc1cccc(S(=O)(=O)CCOC2CCOC2)c1. The zero-order chi connectivity index (χ0) is 13.7. The van der Waals surface area contributed by atoms with Crippen LogP contribution in [-0.4, -0.2) is 40.1 Å².